The van der Waals surface area contributed by atoms with Crippen LogP contribution in [0.15, 0.2) is 23.5 Å². The van der Waals surface area contributed by atoms with Gasteiger partial charge in [0, 0.05) is 25.9 Å². The van der Waals surface area contributed by atoms with Gasteiger partial charge in [-0.15, -0.1) is 10.2 Å². The van der Waals surface area contributed by atoms with Gasteiger partial charge in [-0.25, -0.2) is 9.97 Å². The molecule has 7 atom stereocenters. The molecule has 0 aliphatic heterocycles. The minimum atomic E-state index is -0.351. The van der Waals surface area contributed by atoms with E-state index in [0.29, 0.717) is 46.5 Å². The largest absolute Gasteiger partial charge is 0.311 e. The molecule has 0 saturated heterocycles. The summed E-state index contributed by atoms with van der Waals surface area (Å²) in [6.07, 6.45) is 18.4. The number of hydrogen-bond donors (Lipinski definition) is 0. The lowest BCUT2D eigenvalue weighted by Crippen LogP contribution is -2.58. The number of nitrogens with zero attached hydrogens (tertiary/aromatic N) is 5. The Labute approximate surface area is 246 Å². The van der Waals surface area contributed by atoms with E-state index in [1.54, 1.807) is 0 Å². The highest BCUT2D eigenvalue weighted by atomic mass is 16.1. The molecule has 220 valence electrons. The number of aromatic nitrogens is 5. The lowest BCUT2D eigenvalue weighted by molar-refractivity contribution is -0.148. The molecule has 4 saturated carbocycles. The molecule has 6 nitrogen and oxygen atoms in total. The molecular weight excluding hydrogens is 506 g/mol. The van der Waals surface area contributed by atoms with Gasteiger partial charge in [0.05, 0.1) is 5.41 Å². The van der Waals surface area contributed by atoms with Gasteiger partial charge >= 0.3 is 0 Å². The average molecular weight is 556 g/mol. The van der Waals surface area contributed by atoms with E-state index in [2.05, 4.69) is 61.3 Å². The van der Waals surface area contributed by atoms with Crippen LogP contribution in [0.5, 0.6) is 0 Å². The van der Waals surface area contributed by atoms with Crippen LogP contribution in [-0.2, 0) is 23.7 Å². The van der Waals surface area contributed by atoms with Crippen LogP contribution in [0.1, 0.15) is 117 Å². The Morgan fingerprint density at radius 1 is 0.951 bits per heavy atom. The van der Waals surface area contributed by atoms with Gasteiger partial charge in [-0.1, -0.05) is 47.5 Å². The van der Waals surface area contributed by atoms with Gasteiger partial charge < -0.3 is 4.57 Å². The number of hydrogen-bond acceptors (Lipinski definition) is 5. The van der Waals surface area contributed by atoms with E-state index in [-0.39, 0.29) is 11.3 Å². The third kappa shape index (κ3) is 3.77. The van der Waals surface area contributed by atoms with Gasteiger partial charge in [-0.2, -0.15) is 0 Å². The highest BCUT2D eigenvalue weighted by molar-refractivity contribution is 6.01. The summed E-state index contributed by atoms with van der Waals surface area (Å²) in [6.45, 7) is 11.9. The molecule has 0 radical (unpaired) electrons. The number of ketones is 1. The van der Waals surface area contributed by atoms with Crippen LogP contribution in [-0.4, -0.2) is 30.5 Å². The van der Waals surface area contributed by atoms with E-state index >= 15 is 0 Å². The maximum absolute atomic E-state index is 14.0. The normalized spacial score (nSPS) is 38.5. The van der Waals surface area contributed by atoms with Gasteiger partial charge in [0.1, 0.15) is 5.82 Å². The number of carbonyl (C=O) groups is 1. The lowest BCUT2D eigenvalue weighted by atomic mass is 9.39. The van der Waals surface area contributed by atoms with Crippen LogP contribution in [0, 0.1) is 40.4 Å². The molecule has 4 fully saturated rings. The molecule has 0 aromatic carbocycles. The maximum atomic E-state index is 14.0. The van der Waals surface area contributed by atoms with Crippen molar-refractivity contribution in [3.05, 3.63) is 34.9 Å². The minimum Gasteiger partial charge on any atom is -0.311 e. The number of Topliss-reactive ketones (excluding diaryl/α,β-unsaturated/α-hetero) is 1. The van der Waals surface area contributed by atoms with E-state index in [1.807, 2.05) is 12.4 Å². The van der Waals surface area contributed by atoms with Crippen LogP contribution in [0.4, 0.5) is 0 Å². The van der Waals surface area contributed by atoms with Crippen molar-refractivity contribution in [1.29, 1.82) is 0 Å². The smallest absolute Gasteiger partial charge is 0.201 e. The zero-order valence-corrected chi connectivity index (χ0v) is 26.2. The highest BCUT2D eigenvalue weighted by Gasteiger charge is 2.64. The number of allylic oxidation sites excluding steroid dienone is 2. The summed E-state index contributed by atoms with van der Waals surface area (Å²) in [7, 11) is 2.06. The maximum Gasteiger partial charge on any atom is 0.201 e. The minimum absolute atomic E-state index is 0.230. The standard InChI is InChI=1S/C35H49N5O/c1-7-22-19-36-30(37-20-22)31-38-39-32(40(31)6)35-17-14-25-24(29(35)28(21(2)3)26(41)18-35)11-12-27-33(4)15-9-8-10-23(33)13-16-34(25,27)5/h19-21,23-25,27H,7-18H2,1-6H3. The van der Waals surface area contributed by atoms with Crippen molar-refractivity contribution in [3.63, 3.8) is 0 Å². The van der Waals surface area contributed by atoms with Gasteiger partial charge in [-0.05, 0) is 115 Å². The monoisotopic (exact) mass is 555 g/mol. The predicted molar refractivity (Wildman–Crippen MR) is 161 cm³/mol. The fourth-order valence-corrected chi connectivity index (χ4v) is 11.4. The molecule has 5 aliphatic carbocycles. The third-order valence-corrected chi connectivity index (χ3v) is 13.2. The van der Waals surface area contributed by atoms with Gasteiger partial charge in [0.15, 0.2) is 11.6 Å². The molecule has 6 heteroatoms. The second-order valence-electron chi connectivity index (χ2n) is 15.2. The quantitative estimate of drug-likeness (QED) is 0.392. The van der Waals surface area contributed by atoms with Gasteiger partial charge in [0.25, 0.3) is 0 Å². The first-order chi connectivity index (χ1) is 19.6. The number of rotatable bonds is 4. The molecule has 0 spiro atoms. The Bertz CT molecular complexity index is 1390. The van der Waals surface area contributed by atoms with Gasteiger partial charge in [0.2, 0.25) is 5.82 Å². The molecule has 5 aliphatic rings. The molecule has 2 aromatic heterocycles. The molecular formula is C35H49N5O. The second kappa shape index (κ2) is 9.57. The Morgan fingerprint density at radius 3 is 2.46 bits per heavy atom. The topological polar surface area (TPSA) is 73.6 Å². The van der Waals surface area contributed by atoms with Crippen molar-refractivity contribution in [2.75, 3.05) is 0 Å². The summed E-state index contributed by atoms with van der Waals surface area (Å²) < 4.78 is 2.11. The van der Waals surface area contributed by atoms with Crippen LogP contribution in [0.3, 0.4) is 0 Å². The molecule has 7 rings (SSSR count). The van der Waals surface area contributed by atoms with Crippen molar-refractivity contribution >= 4 is 5.78 Å². The lowest BCUT2D eigenvalue weighted by Gasteiger charge is -2.66. The predicted octanol–water partition coefficient (Wildman–Crippen LogP) is 7.43. The van der Waals surface area contributed by atoms with E-state index in [9.17, 15) is 4.79 Å². The first-order valence-corrected chi connectivity index (χ1v) is 16.6. The summed E-state index contributed by atoms with van der Waals surface area (Å²) in [5.41, 5.74) is 4.19. The van der Waals surface area contributed by atoms with E-state index < -0.39 is 0 Å². The molecule has 2 aromatic rings. The second-order valence-corrected chi connectivity index (χ2v) is 15.2. The van der Waals surface area contributed by atoms with Crippen molar-refractivity contribution in [2.24, 2.45) is 47.5 Å². The summed E-state index contributed by atoms with van der Waals surface area (Å²) in [5, 5.41) is 9.53. The van der Waals surface area contributed by atoms with Crippen LogP contribution >= 0.6 is 0 Å². The van der Waals surface area contributed by atoms with Crippen molar-refractivity contribution in [2.45, 2.75) is 117 Å². The van der Waals surface area contributed by atoms with Crippen LogP contribution in [0.2, 0.25) is 0 Å². The van der Waals surface area contributed by atoms with Crippen LogP contribution < -0.4 is 0 Å². The highest BCUT2D eigenvalue weighted by Crippen LogP contribution is 2.71. The zero-order valence-electron chi connectivity index (χ0n) is 26.2. The molecule has 41 heavy (non-hydrogen) atoms. The molecule has 7 unspecified atom stereocenters. The first kappa shape index (κ1) is 27.5. The SMILES string of the molecule is CCc1cnc(-c2nnc(C34CCC5C(CCC6C7(C)CCCCC7CCC56C)C3=C(C(C)C)C(=O)C4)n2C)nc1. The molecule has 0 N–H and O–H groups in total. The van der Waals surface area contributed by atoms with E-state index in [4.69, 9.17) is 5.10 Å². The molecule has 2 heterocycles. The fraction of sp³-hybridized carbons (Fsp3) is 0.743. The Balaban J connectivity index is 1.31. The average Bonchev–Trinajstić information content (AvgIpc) is 3.50. The Morgan fingerprint density at radius 2 is 1.73 bits per heavy atom. The third-order valence-electron chi connectivity index (χ3n) is 13.2. The zero-order chi connectivity index (χ0) is 28.7. The number of carbonyl (C=O) groups excluding carboxylic acids is 1. The first-order valence-electron chi connectivity index (χ1n) is 16.6. The number of fused-ring (bicyclic) bond motifs is 7. The Hall–Kier alpha value is -2.37. The van der Waals surface area contributed by atoms with Gasteiger partial charge in [-0.3, -0.25) is 4.79 Å². The van der Waals surface area contributed by atoms with Crippen molar-refractivity contribution in [3.8, 4) is 11.6 Å². The summed E-state index contributed by atoms with van der Waals surface area (Å²) in [4.78, 5) is 23.2. The van der Waals surface area contributed by atoms with Crippen molar-refractivity contribution < 1.29 is 4.79 Å². The van der Waals surface area contributed by atoms with Crippen molar-refractivity contribution in [1.82, 2.24) is 24.7 Å². The fourth-order valence-electron chi connectivity index (χ4n) is 11.4. The summed E-state index contributed by atoms with van der Waals surface area (Å²) >= 11 is 0. The van der Waals surface area contributed by atoms with E-state index in [0.717, 1.165) is 41.6 Å². The summed E-state index contributed by atoms with van der Waals surface area (Å²) in [6, 6.07) is 0. The summed E-state index contributed by atoms with van der Waals surface area (Å²) in [5.74, 6) is 5.68. The molecule has 0 amide bonds. The molecule has 0 bridgehead atoms. The van der Waals surface area contributed by atoms with E-state index in [1.165, 1.54) is 63.4 Å². The van der Waals surface area contributed by atoms with Crippen LogP contribution in [0.25, 0.3) is 11.6 Å². The Kier molecular flexibility index (Phi) is 6.41. The number of aryl methyl sites for hydroxylation is 1.